The van der Waals surface area contributed by atoms with Crippen LogP contribution in [0.1, 0.15) is 52.9 Å². The highest BCUT2D eigenvalue weighted by Crippen LogP contribution is 2.24. The summed E-state index contributed by atoms with van der Waals surface area (Å²) in [6, 6.07) is 9.50. The quantitative estimate of drug-likeness (QED) is 0.445. The lowest BCUT2D eigenvalue weighted by Gasteiger charge is -2.11. The summed E-state index contributed by atoms with van der Waals surface area (Å²) in [7, 11) is 0. The molecule has 3 aromatic heterocycles. The van der Waals surface area contributed by atoms with Crippen molar-refractivity contribution in [3.05, 3.63) is 77.3 Å². The fourth-order valence-electron chi connectivity index (χ4n) is 3.33. The highest BCUT2D eigenvalue weighted by Gasteiger charge is 2.15. The van der Waals surface area contributed by atoms with Crippen molar-refractivity contribution in [3.63, 3.8) is 0 Å². The summed E-state index contributed by atoms with van der Waals surface area (Å²) in [5.74, 6) is 0.530. The van der Waals surface area contributed by atoms with Crippen LogP contribution >= 0.6 is 0 Å². The van der Waals surface area contributed by atoms with Gasteiger partial charge in [0.1, 0.15) is 0 Å². The minimum atomic E-state index is -0.226. The number of aryl methyl sites for hydroxylation is 3. The minimum absolute atomic E-state index is 0.226. The summed E-state index contributed by atoms with van der Waals surface area (Å²) < 4.78 is 1.69. The van der Waals surface area contributed by atoms with Gasteiger partial charge in [0.05, 0.1) is 35.5 Å². The van der Waals surface area contributed by atoms with Gasteiger partial charge in [0.15, 0.2) is 5.82 Å². The molecule has 1 aromatic carbocycles. The third-order valence-electron chi connectivity index (χ3n) is 5.18. The number of benzene rings is 1. The lowest BCUT2D eigenvalue weighted by molar-refractivity contribution is 0.0950. The molecule has 168 valence electrons. The van der Waals surface area contributed by atoms with Gasteiger partial charge in [-0.25, -0.2) is 0 Å². The van der Waals surface area contributed by atoms with Gasteiger partial charge in [0, 0.05) is 29.9 Å². The second-order valence-electron chi connectivity index (χ2n) is 7.93. The molecule has 9 heteroatoms. The largest absolute Gasteiger partial charge is 0.346 e. The number of pyridine rings is 1. The molecule has 0 radical (unpaired) electrons. The van der Waals surface area contributed by atoms with Crippen molar-refractivity contribution in [2.45, 2.75) is 46.6 Å². The van der Waals surface area contributed by atoms with Gasteiger partial charge < -0.3 is 5.32 Å². The molecule has 0 aliphatic rings. The van der Waals surface area contributed by atoms with Crippen LogP contribution in [0.15, 0.2) is 48.9 Å². The van der Waals surface area contributed by atoms with E-state index < -0.39 is 0 Å². The molecule has 4 aromatic rings. The van der Waals surface area contributed by atoms with Gasteiger partial charge in [0.25, 0.3) is 5.91 Å². The highest BCUT2D eigenvalue weighted by molar-refractivity contribution is 5.96. The normalized spacial score (nSPS) is 10.9. The summed E-state index contributed by atoms with van der Waals surface area (Å²) >= 11 is 0. The van der Waals surface area contributed by atoms with Gasteiger partial charge in [-0.2, -0.15) is 4.68 Å². The lowest BCUT2D eigenvalue weighted by Crippen LogP contribution is -2.23. The van der Waals surface area contributed by atoms with Crippen LogP contribution in [0, 0.1) is 13.8 Å². The molecule has 0 spiro atoms. The number of tetrazole rings is 1. The molecule has 0 fully saturated rings. The van der Waals surface area contributed by atoms with Crippen LogP contribution < -0.4 is 5.32 Å². The van der Waals surface area contributed by atoms with Gasteiger partial charge >= 0.3 is 0 Å². The molecule has 9 nitrogen and oxygen atoms in total. The van der Waals surface area contributed by atoms with Gasteiger partial charge in [0.2, 0.25) is 0 Å². The molecule has 1 N–H and O–H groups in total. The number of rotatable bonds is 8. The molecule has 4 rings (SSSR count). The lowest BCUT2D eigenvalue weighted by atomic mass is 10.0. The van der Waals surface area contributed by atoms with E-state index in [2.05, 4.69) is 42.7 Å². The second kappa shape index (κ2) is 10.1. The summed E-state index contributed by atoms with van der Waals surface area (Å²) in [5.41, 5.74) is 5.36. The molecular formula is C24H26N8O. The van der Waals surface area contributed by atoms with E-state index in [0.29, 0.717) is 16.9 Å². The Labute approximate surface area is 192 Å². The van der Waals surface area contributed by atoms with E-state index in [1.54, 1.807) is 23.1 Å². The fraction of sp³-hybridized carbons (Fsp3) is 0.292. The van der Waals surface area contributed by atoms with Crippen LogP contribution in [0.2, 0.25) is 0 Å². The Kier molecular flexibility index (Phi) is 6.77. The van der Waals surface area contributed by atoms with E-state index in [4.69, 9.17) is 0 Å². The third kappa shape index (κ3) is 5.43. The minimum Gasteiger partial charge on any atom is -0.346 e. The highest BCUT2D eigenvalue weighted by atomic mass is 16.1. The Bertz CT molecular complexity index is 1230. The van der Waals surface area contributed by atoms with Gasteiger partial charge in [-0.15, -0.1) is 5.10 Å². The Balaban J connectivity index is 1.68. The van der Waals surface area contributed by atoms with Gasteiger partial charge in [-0.3, -0.25) is 19.7 Å². The Morgan fingerprint density at radius 1 is 1.03 bits per heavy atom. The standard InChI is InChI=1S/C24H26N8O/c1-4-5-6-23-29-30-31-32(23)21-10-18(22-8-7-16(2)12-27-22)9-19(11-21)24(33)28-15-20-14-25-17(3)13-26-20/h7-14H,4-6,15H2,1-3H3,(H,28,33). The molecular weight excluding hydrogens is 416 g/mol. The molecule has 0 saturated heterocycles. The number of amides is 1. The van der Waals surface area contributed by atoms with Crippen LogP contribution in [0.25, 0.3) is 16.9 Å². The topological polar surface area (TPSA) is 111 Å². The van der Waals surface area contributed by atoms with E-state index >= 15 is 0 Å². The molecule has 33 heavy (non-hydrogen) atoms. The third-order valence-corrected chi connectivity index (χ3v) is 5.18. The van der Waals surface area contributed by atoms with Gasteiger partial charge in [-0.05, 0) is 60.5 Å². The summed E-state index contributed by atoms with van der Waals surface area (Å²) in [6.07, 6.45) is 7.92. The number of carbonyl (C=O) groups is 1. The van der Waals surface area contributed by atoms with Crippen molar-refractivity contribution in [1.29, 1.82) is 0 Å². The zero-order chi connectivity index (χ0) is 23.2. The van der Waals surface area contributed by atoms with E-state index in [1.807, 2.05) is 44.3 Å². The Morgan fingerprint density at radius 3 is 2.64 bits per heavy atom. The van der Waals surface area contributed by atoms with Crippen LogP contribution in [0.4, 0.5) is 0 Å². The summed E-state index contributed by atoms with van der Waals surface area (Å²) in [6.45, 7) is 6.26. The first kappa shape index (κ1) is 22.2. The number of carbonyl (C=O) groups excluding carboxylic acids is 1. The number of nitrogens with zero attached hydrogens (tertiary/aromatic N) is 7. The summed E-state index contributed by atoms with van der Waals surface area (Å²) in [4.78, 5) is 26.1. The first-order valence-electron chi connectivity index (χ1n) is 10.9. The number of unbranched alkanes of at least 4 members (excludes halogenated alkanes) is 1. The van der Waals surface area contributed by atoms with E-state index in [9.17, 15) is 4.79 Å². The Morgan fingerprint density at radius 2 is 1.91 bits per heavy atom. The predicted octanol–water partition coefficient (Wildman–Crippen LogP) is 3.40. The smallest absolute Gasteiger partial charge is 0.251 e. The maximum atomic E-state index is 13.1. The summed E-state index contributed by atoms with van der Waals surface area (Å²) in [5, 5.41) is 15.1. The van der Waals surface area contributed by atoms with Crippen LogP contribution in [-0.2, 0) is 13.0 Å². The molecule has 0 unspecified atom stereocenters. The maximum Gasteiger partial charge on any atom is 0.251 e. The van der Waals surface area contributed by atoms with Crippen molar-refractivity contribution in [3.8, 4) is 16.9 Å². The van der Waals surface area contributed by atoms with Crippen molar-refractivity contribution in [2.75, 3.05) is 0 Å². The Hall–Kier alpha value is -4.01. The fourth-order valence-corrected chi connectivity index (χ4v) is 3.33. The SMILES string of the molecule is CCCCc1nnnn1-c1cc(C(=O)NCc2cnc(C)cn2)cc(-c2ccc(C)cn2)c1. The van der Waals surface area contributed by atoms with E-state index in [-0.39, 0.29) is 12.5 Å². The molecule has 0 aliphatic carbocycles. The average Bonchev–Trinajstić information content (AvgIpc) is 3.31. The van der Waals surface area contributed by atoms with Crippen molar-refractivity contribution >= 4 is 5.91 Å². The molecule has 0 saturated carbocycles. The van der Waals surface area contributed by atoms with E-state index in [0.717, 1.165) is 47.6 Å². The molecule has 0 aliphatic heterocycles. The van der Waals surface area contributed by atoms with E-state index in [1.165, 1.54) is 0 Å². The van der Waals surface area contributed by atoms with Crippen molar-refractivity contribution in [1.82, 2.24) is 40.5 Å². The zero-order valence-corrected chi connectivity index (χ0v) is 19.0. The molecule has 0 atom stereocenters. The molecule has 3 heterocycles. The van der Waals surface area contributed by atoms with Gasteiger partial charge in [-0.1, -0.05) is 19.4 Å². The average molecular weight is 443 g/mol. The first-order chi connectivity index (χ1) is 16.0. The first-order valence-corrected chi connectivity index (χ1v) is 10.9. The van der Waals surface area contributed by atoms with Crippen LogP contribution in [0.3, 0.4) is 0 Å². The number of aromatic nitrogens is 7. The monoisotopic (exact) mass is 442 g/mol. The van der Waals surface area contributed by atoms with Crippen molar-refractivity contribution < 1.29 is 4.79 Å². The number of hydrogen-bond acceptors (Lipinski definition) is 7. The van der Waals surface area contributed by atoms with Crippen molar-refractivity contribution in [2.24, 2.45) is 0 Å². The number of hydrogen-bond donors (Lipinski definition) is 1. The molecule has 1 amide bonds. The maximum absolute atomic E-state index is 13.1. The zero-order valence-electron chi connectivity index (χ0n) is 19.0. The molecule has 0 bridgehead atoms. The van der Waals surface area contributed by atoms with Crippen LogP contribution in [0.5, 0.6) is 0 Å². The number of nitrogens with one attached hydrogen (secondary N) is 1. The van der Waals surface area contributed by atoms with Crippen LogP contribution in [-0.4, -0.2) is 41.1 Å². The second-order valence-corrected chi connectivity index (χ2v) is 7.93. The predicted molar refractivity (Wildman–Crippen MR) is 124 cm³/mol.